The van der Waals surface area contributed by atoms with E-state index in [2.05, 4.69) is 128 Å². The molecule has 8 rings (SSSR count). The van der Waals surface area contributed by atoms with E-state index >= 15 is 0 Å². The minimum atomic E-state index is -0.583. The van der Waals surface area contributed by atoms with Crippen molar-refractivity contribution >= 4 is 56.2 Å². The first-order chi connectivity index (χ1) is 26.8. The SMILES string of the molecule is CC/C(=C(\c1ccc(Br)cc1)c1ccc(N2CCC(CNC3CCN(c4ccc5c(c4)CN(C4CCC(=O)NC4=O)C5=O)CC3)CC2)cc1)c1ccccc1. The summed E-state index contributed by atoms with van der Waals surface area (Å²) >= 11 is 3.62. The van der Waals surface area contributed by atoms with Gasteiger partial charge in [0, 0.05) is 66.6 Å². The van der Waals surface area contributed by atoms with E-state index in [4.69, 9.17) is 0 Å². The van der Waals surface area contributed by atoms with Crippen molar-refractivity contribution < 1.29 is 14.4 Å². The summed E-state index contributed by atoms with van der Waals surface area (Å²) in [7, 11) is 0. The standard InChI is InChI=1S/C46H50BrN5O3/c1-2-40(32-6-4-3-5-7-32)44(33-8-12-36(47)13-9-33)34-10-14-38(15-11-34)50-24-20-31(21-25-50)29-48-37-22-26-51(27-23-37)39-16-17-41-35(28-39)30-52(46(41)55)42-18-19-43(53)49-45(42)54/h3-17,28,31,37,42,48H,2,18-27,29-30H2,1H3,(H,49,53,54)/b44-40-. The highest BCUT2D eigenvalue weighted by Crippen LogP contribution is 2.36. The fourth-order valence-corrected chi connectivity index (χ4v) is 9.23. The molecule has 0 aromatic heterocycles. The number of fused-ring (bicyclic) bond motifs is 1. The van der Waals surface area contributed by atoms with E-state index in [0.29, 0.717) is 30.5 Å². The summed E-state index contributed by atoms with van der Waals surface area (Å²) in [5, 5.41) is 6.31. The number of rotatable bonds is 10. The summed E-state index contributed by atoms with van der Waals surface area (Å²) in [5.41, 5.74) is 10.5. The molecule has 1 unspecified atom stereocenters. The Morgan fingerprint density at radius 2 is 1.38 bits per heavy atom. The molecule has 4 aliphatic heterocycles. The van der Waals surface area contributed by atoms with Gasteiger partial charge < -0.3 is 20.0 Å². The Balaban J connectivity index is 0.824. The first-order valence-electron chi connectivity index (χ1n) is 20.0. The van der Waals surface area contributed by atoms with Gasteiger partial charge in [-0.25, -0.2) is 0 Å². The van der Waals surface area contributed by atoms with Crippen LogP contribution in [0.5, 0.6) is 0 Å². The highest BCUT2D eigenvalue weighted by molar-refractivity contribution is 9.10. The second-order valence-electron chi connectivity index (χ2n) is 15.5. The zero-order valence-corrected chi connectivity index (χ0v) is 33.2. The average Bonchev–Trinajstić information content (AvgIpc) is 3.55. The van der Waals surface area contributed by atoms with Crippen LogP contribution >= 0.6 is 15.9 Å². The molecule has 3 fully saturated rings. The lowest BCUT2D eigenvalue weighted by atomic mass is 9.88. The van der Waals surface area contributed by atoms with Gasteiger partial charge in [0.25, 0.3) is 5.91 Å². The lowest BCUT2D eigenvalue weighted by molar-refractivity contribution is -0.136. The van der Waals surface area contributed by atoms with Crippen LogP contribution in [0.15, 0.2) is 102 Å². The number of nitrogens with one attached hydrogen (secondary N) is 2. The number of halogens is 1. The number of anilines is 2. The number of imide groups is 1. The molecule has 4 aromatic rings. The minimum absolute atomic E-state index is 0.119. The van der Waals surface area contributed by atoms with Crippen molar-refractivity contribution in [2.45, 2.75) is 70.5 Å². The van der Waals surface area contributed by atoms with Crippen LogP contribution in [0.4, 0.5) is 11.4 Å². The van der Waals surface area contributed by atoms with Crippen molar-refractivity contribution in [3.8, 4) is 0 Å². The molecule has 4 aromatic carbocycles. The quantitative estimate of drug-likeness (QED) is 0.125. The highest BCUT2D eigenvalue weighted by Gasteiger charge is 2.39. The van der Waals surface area contributed by atoms with Crippen molar-refractivity contribution in [2.75, 3.05) is 42.5 Å². The van der Waals surface area contributed by atoms with E-state index in [1.54, 1.807) is 4.90 Å². The Morgan fingerprint density at radius 1 is 0.745 bits per heavy atom. The van der Waals surface area contributed by atoms with Crippen molar-refractivity contribution in [3.05, 3.63) is 129 Å². The smallest absolute Gasteiger partial charge is 0.255 e. The van der Waals surface area contributed by atoms with E-state index in [0.717, 1.165) is 67.7 Å². The lowest BCUT2D eigenvalue weighted by Gasteiger charge is -2.37. The van der Waals surface area contributed by atoms with E-state index in [-0.39, 0.29) is 24.1 Å². The third-order valence-corrected chi connectivity index (χ3v) is 12.6. The van der Waals surface area contributed by atoms with Crippen LogP contribution in [0, 0.1) is 5.92 Å². The molecule has 0 bridgehead atoms. The highest BCUT2D eigenvalue weighted by atomic mass is 79.9. The van der Waals surface area contributed by atoms with E-state index < -0.39 is 6.04 Å². The number of carbonyl (C=O) groups excluding carboxylic acids is 3. The second-order valence-corrected chi connectivity index (χ2v) is 16.4. The van der Waals surface area contributed by atoms with Crippen LogP contribution in [0.25, 0.3) is 11.1 Å². The summed E-state index contributed by atoms with van der Waals surface area (Å²) in [6, 6.07) is 34.7. The first kappa shape index (κ1) is 37.2. The maximum absolute atomic E-state index is 13.1. The summed E-state index contributed by atoms with van der Waals surface area (Å²) in [5.74, 6) is -0.0714. The molecular weight excluding hydrogens is 750 g/mol. The Hall–Kier alpha value is -4.73. The summed E-state index contributed by atoms with van der Waals surface area (Å²) in [6.07, 6.45) is 6.15. The maximum atomic E-state index is 13.1. The Morgan fingerprint density at radius 3 is 2.05 bits per heavy atom. The molecule has 0 aliphatic carbocycles. The predicted molar refractivity (Wildman–Crippen MR) is 224 cm³/mol. The van der Waals surface area contributed by atoms with Gasteiger partial charge in [0.2, 0.25) is 11.8 Å². The lowest BCUT2D eigenvalue weighted by Crippen LogP contribution is -2.52. The molecule has 0 saturated carbocycles. The van der Waals surface area contributed by atoms with Crippen molar-refractivity contribution in [1.82, 2.24) is 15.5 Å². The summed E-state index contributed by atoms with van der Waals surface area (Å²) < 4.78 is 1.09. The maximum Gasteiger partial charge on any atom is 0.255 e. The van der Waals surface area contributed by atoms with Crippen molar-refractivity contribution in [1.29, 1.82) is 0 Å². The number of piperidine rings is 3. The first-order valence-corrected chi connectivity index (χ1v) is 20.8. The van der Waals surface area contributed by atoms with Gasteiger partial charge in [-0.3, -0.25) is 19.7 Å². The molecule has 4 heterocycles. The largest absolute Gasteiger partial charge is 0.372 e. The molecule has 2 N–H and O–H groups in total. The summed E-state index contributed by atoms with van der Waals surface area (Å²) in [6.45, 7) is 7.82. The van der Waals surface area contributed by atoms with Gasteiger partial charge in [0.15, 0.2) is 0 Å². The van der Waals surface area contributed by atoms with Crippen LogP contribution < -0.4 is 20.4 Å². The number of allylic oxidation sites excluding steroid dienone is 1. The molecule has 8 nitrogen and oxygen atoms in total. The minimum Gasteiger partial charge on any atom is -0.372 e. The molecular formula is C46H50BrN5O3. The van der Waals surface area contributed by atoms with Gasteiger partial charge in [-0.05, 0) is 127 Å². The molecule has 3 amide bonds. The van der Waals surface area contributed by atoms with Crippen LogP contribution in [0.3, 0.4) is 0 Å². The van der Waals surface area contributed by atoms with E-state index in [1.807, 2.05) is 12.1 Å². The number of nitrogens with zero attached hydrogens (tertiary/aromatic N) is 3. The number of benzene rings is 4. The van der Waals surface area contributed by atoms with Crippen LogP contribution in [-0.2, 0) is 16.1 Å². The topological polar surface area (TPSA) is 85.0 Å². The molecule has 3 saturated heterocycles. The Kier molecular flexibility index (Phi) is 11.2. The fraction of sp³-hybridized carbons (Fsp3) is 0.370. The van der Waals surface area contributed by atoms with Crippen molar-refractivity contribution in [2.24, 2.45) is 5.92 Å². The molecule has 9 heteroatoms. The van der Waals surface area contributed by atoms with Crippen LogP contribution in [0.2, 0.25) is 0 Å². The molecule has 4 aliphatic rings. The van der Waals surface area contributed by atoms with Gasteiger partial charge >= 0.3 is 0 Å². The molecule has 1 atom stereocenters. The normalized spacial score (nSPS) is 20.1. The Bertz CT molecular complexity index is 2050. The zero-order valence-electron chi connectivity index (χ0n) is 31.6. The molecule has 284 valence electrons. The monoisotopic (exact) mass is 799 g/mol. The molecule has 0 spiro atoms. The Labute approximate surface area is 333 Å². The van der Waals surface area contributed by atoms with E-state index in [1.165, 1.54) is 46.4 Å². The van der Waals surface area contributed by atoms with Crippen LogP contribution in [-0.4, -0.2) is 67.4 Å². The van der Waals surface area contributed by atoms with Gasteiger partial charge in [0.05, 0.1) is 0 Å². The zero-order chi connectivity index (χ0) is 37.9. The van der Waals surface area contributed by atoms with Crippen LogP contribution in [0.1, 0.15) is 84.5 Å². The predicted octanol–water partition coefficient (Wildman–Crippen LogP) is 8.05. The van der Waals surface area contributed by atoms with E-state index in [9.17, 15) is 14.4 Å². The average molecular weight is 801 g/mol. The third kappa shape index (κ3) is 8.14. The number of amides is 3. The molecule has 55 heavy (non-hydrogen) atoms. The number of hydrogen-bond donors (Lipinski definition) is 2. The number of hydrogen-bond acceptors (Lipinski definition) is 6. The summed E-state index contributed by atoms with van der Waals surface area (Å²) in [4.78, 5) is 43.8. The third-order valence-electron chi connectivity index (χ3n) is 12.1. The fourth-order valence-electron chi connectivity index (χ4n) is 8.96. The van der Waals surface area contributed by atoms with Gasteiger partial charge in [-0.2, -0.15) is 0 Å². The van der Waals surface area contributed by atoms with Gasteiger partial charge in [0.1, 0.15) is 6.04 Å². The van der Waals surface area contributed by atoms with Crippen molar-refractivity contribution in [3.63, 3.8) is 0 Å². The second kappa shape index (κ2) is 16.6. The number of carbonyl (C=O) groups is 3. The molecule has 0 radical (unpaired) electrons. The van der Waals surface area contributed by atoms with Gasteiger partial charge in [-0.1, -0.05) is 77.5 Å². The van der Waals surface area contributed by atoms with Gasteiger partial charge in [-0.15, -0.1) is 0 Å².